The minimum absolute atomic E-state index is 0.532. The number of aliphatic hydroxyl groups is 2. The first-order valence-corrected chi connectivity index (χ1v) is 5.49. The first-order valence-electron chi connectivity index (χ1n) is 5.49. The first-order chi connectivity index (χ1) is 6.13. The molecule has 2 nitrogen and oxygen atoms in total. The molecule has 0 amide bonds. The Hall–Kier alpha value is -0.0800. The highest BCUT2D eigenvalue weighted by Gasteiger charge is 1.97. The number of hydrogen-bond acceptors (Lipinski definition) is 2. The number of aliphatic hydroxyl groups excluding tert-OH is 1. The minimum Gasteiger partial charge on any atom is -0.368 e. The van der Waals surface area contributed by atoms with E-state index in [9.17, 15) is 0 Å². The highest BCUT2D eigenvalue weighted by molar-refractivity contribution is 4.49. The Morgan fingerprint density at radius 1 is 0.769 bits per heavy atom. The van der Waals surface area contributed by atoms with Gasteiger partial charge < -0.3 is 10.2 Å². The van der Waals surface area contributed by atoms with Crippen LogP contribution in [0.2, 0.25) is 0 Å². The van der Waals surface area contributed by atoms with E-state index in [4.69, 9.17) is 10.2 Å². The summed E-state index contributed by atoms with van der Waals surface area (Å²) in [5.41, 5.74) is 0. The lowest BCUT2D eigenvalue weighted by molar-refractivity contribution is -0.0466. The molecule has 0 spiro atoms. The van der Waals surface area contributed by atoms with Crippen LogP contribution < -0.4 is 0 Å². The molecule has 0 radical (unpaired) electrons. The molecule has 0 saturated carbocycles. The summed E-state index contributed by atoms with van der Waals surface area (Å²) >= 11 is 0. The van der Waals surface area contributed by atoms with E-state index in [-0.39, 0.29) is 0 Å². The maximum absolute atomic E-state index is 8.58. The van der Waals surface area contributed by atoms with Gasteiger partial charge in [-0.15, -0.1) is 0 Å². The Bertz CT molecular complexity index is 88.3. The molecule has 0 aromatic heterocycles. The molecule has 0 unspecified atom stereocenters. The fourth-order valence-corrected chi connectivity index (χ4v) is 1.41. The smallest absolute Gasteiger partial charge is 0.151 e. The Balaban J connectivity index is 2.92. The van der Waals surface area contributed by atoms with Crippen molar-refractivity contribution < 1.29 is 10.2 Å². The van der Waals surface area contributed by atoms with Gasteiger partial charge in [0.25, 0.3) is 0 Å². The highest BCUT2D eigenvalue weighted by Crippen LogP contribution is 2.11. The third kappa shape index (κ3) is 11.9. The van der Waals surface area contributed by atoms with E-state index in [1.54, 1.807) is 0 Å². The predicted molar refractivity (Wildman–Crippen MR) is 55.4 cm³/mol. The van der Waals surface area contributed by atoms with Crippen molar-refractivity contribution in [1.29, 1.82) is 0 Å². The van der Waals surface area contributed by atoms with E-state index in [1.165, 1.54) is 25.7 Å². The fourth-order valence-electron chi connectivity index (χ4n) is 1.41. The van der Waals surface area contributed by atoms with Crippen LogP contribution in [0.15, 0.2) is 0 Å². The van der Waals surface area contributed by atoms with Crippen LogP contribution in [0.25, 0.3) is 0 Å². The van der Waals surface area contributed by atoms with Crippen molar-refractivity contribution in [3.8, 4) is 0 Å². The van der Waals surface area contributed by atoms with Crippen molar-refractivity contribution in [2.45, 2.75) is 65.1 Å². The summed E-state index contributed by atoms with van der Waals surface area (Å²) in [5.74, 6) is 0.819. The summed E-state index contributed by atoms with van der Waals surface area (Å²) in [6, 6.07) is 0. The van der Waals surface area contributed by atoms with Gasteiger partial charge in [-0.1, -0.05) is 46.0 Å². The van der Waals surface area contributed by atoms with Crippen molar-refractivity contribution in [2.24, 2.45) is 5.92 Å². The summed E-state index contributed by atoms with van der Waals surface area (Å²) < 4.78 is 0. The van der Waals surface area contributed by atoms with E-state index in [2.05, 4.69) is 13.8 Å². The van der Waals surface area contributed by atoms with Crippen LogP contribution in [0.1, 0.15) is 58.8 Å². The third-order valence-electron chi connectivity index (χ3n) is 2.24. The molecular formula is C11H24O2. The summed E-state index contributed by atoms with van der Waals surface area (Å²) in [6.45, 7) is 4.50. The monoisotopic (exact) mass is 188 g/mol. The largest absolute Gasteiger partial charge is 0.368 e. The molecule has 0 aliphatic heterocycles. The lowest BCUT2D eigenvalue weighted by Gasteiger charge is -2.05. The number of unbranched alkanes of at least 4 members (excludes halogenated alkanes) is 4. The molecule has 0 rings (SSSR count). The van der Waals surface area contributed by atoms with E-state index >= 15 is 0 Å². The van der Waals surface area contributed by atoms with Crippen LogP contribution in [-0.4, -0.2) is 16.5 Å². The maximum atomic E-state index is 8.58. The molecule has 0 heterocycles. The van der Waals surface area contributed by atoms with Gasteiger partial charge in [-0.2, -0.15) is 0 Å². The van der Waals surface area contributed by atoms with Gasteiger partial charge in [0.2, 0.25) is 0 Å². The van der Waals surface area contributed by atoms with Gasteiger partial charge >= 0.3 is 0 Å². The predicted octanol–water partition coefficient (Wildman–Crippen LogP) is 2.68. The molecule has 0 aliphatic carbocycles. The second kappa shape index (κ2) is 8.52. The lowest BCUT2D eigenvalue weighted by atomic mass is 10.0. The summed E-state index contributed by atoms with van der Waals surface area (Å²) in [4.78, 5) is 0. The molecular weight excluding hydrogens is 164 g/mol. The molecule has 80 valence electrons. The molecule has 0 saturated heterocycles. The van der Waals surface area contributed by atoms with Crippen LogP contribution in [0.5, 0.6) is 0 Å². The molecule has 0 aromatic rings. The highest BCUT2D eigenvalue weighted by atomic mass is 16.5. The van der Waals surface area contributed by atoms with Crippen LogP contribution >= 0.6 is 0 Å². The zero-order valence-corrected chi connectivity index (χ0v) is 9.00. The van der Waals surface area contributed by atoms with Crippen molar-refractivity contribution >= 4 is 0 Å². The van der Waals surface area contributed by atoms with Crippen LogP contribution in [-0.2, 0) is 0 Å². The average molecular weight is 188 g/mol. The SMILES string of the molecule is CC(C)CCCCCCCC(O)O. The third-order valence-corrected chi connectivity index (χ3v) is 2.24. The van der Waals surface area contributed by atoms with Gasteiger partial charge in [-0.25, -0.2) is 0 Å². The molecule has 2 N–H and O–H groups in total. The Labute approximate surface area is 82.0 Å². The Morgan fingerprint density at radius 3 is 1.69 bits per heavy atom. The van der Waals surface area contributed by atoms with Crippen molar-refractivity contribution in [2.75, 3.05) is 0 Å². The average Bonchev–Trinajstić information content (AvgIpc) is 2.01. The van der Waals surface area contributed by atoms with Gasteiger partial charge in [0.05, 0.1) is 0 Å². The fraction of sp³-hybridized carbons (Fsp3) is 1.00. The standard InChI is InChI=1S/C11H24O2/c1-10(2)8-6-4-3-5-7-9-11(12)13/h10-13H,3-9H2,1-2H3. The van der Waals surface area contributed by atoms with Crippen molar-refractivity contribution in [1.82, 2.24) is 0 Å². The van der Waals surface area contributed by atoms with Gasteiger partial charge in [0.15, 0.2) is 6.29 Å². The quantitative estimate of drug-likeness (QED) is 0.454. The Morgan fingerprint density at radius 2 is 1.23 bits per heavy atom. The topological polar surface area (TPSA) is 40.5 Å². The van der Waals surface area contributed by atoms with Crippen LogP contribution in [0, 0.1) is 5.92 Å². The van der Waals surface area contributed by atoms with Crippen molar-refractivity contribution in [3.63, 3.8) is 0 Å². The molecule has 0 atom stereocenters. The van der Waals surface area contributed by atoms with Crippen LogP contribution in [0.3, 0.4) is 0 Å². The molecule has 13 heavy (non-hydrogen) atoms. The minimum atomic E-state index is -1.10. The zero-order chi connectivity index (χ0) is 10.1. The van der Waals surface area contributed by atoms with E-state index in [0.29, 0.717) is 6.42 Å². The summed E-state index contributed by atoms with van der Waals surface area (Å²) in [5, 5.41) is 17.2. The molecule has 2 heteroatoms. The second-order valence-corrected chi connectivity index (χ2v) is 4.22. The van der Waals surface area contributed by atoms with E-state index < -0.39 is 6.29 Å². The molecule has 0 aliphatic rings. The van der Waals surface area contributed by atoms with Gasteiger partial charge in [0.1, 0.15) is 0 Å². The lowest BCUT2D eigenvalue weighted by Crippen LogP contribution is -2.02. The maximum Gasteiger partial charge on any atom is 0.151 e. The number of rotatable bonds is 8. The summed E-state index contributed by atoms with van der Waals surface area (Å²) in [7, 11) is 0. The Kier molecular flexibility index (Phi) is 8.46. The zero-order valence-electron chi connectivity index (χ0n) is 9.00. The van der Waals surface area contributed by atoms with Gasteiger partial charge in [0, 0.05) is 0 Å². The molecule has 0 fully saturated rings. The normalized spacial score (nSPS) is 11.5. The second-order valence-electron chi connectivity index (χ2n) is 4.22. The van der Waals surface area contributed by atoms with Crippen molar-refractivity contribution in [3.05, 3.63) is 0 Å². The summed E-state index contributed by atoms with van der Waals surface area (Å²) in [6.07, 6.45) is 6.68. The first kappa shape index (κ1) is 12.9. The molecule has 0 bridgehead atoms. The number of hydrogen-bond donors (Lipinski definition) is 2. The van der Waals surface area contributed by atoms with E-state index in [1.807, 2.05) is 0 Å². The van der Waals surface area contributed by atoms with Gasteiger partial charge in [-0.3, -0.25) is 0 Å². The molecule has 0 aromatic carbocycles. The van der Waals surface area contributed by atoms with Gasteiger partial charge in [-0.05, 0) is 18.8 Å². The van der Waals surface area contributed by atoms with E-state index in [0.717, 1.165) is 18.8 Å². The van der Waals surface area contributed by atoms with Crippen LogP contribution in [0.4, 0.5) is 0 Å².